The Bertz CT molecular complexity index is 3110. The van der Waals surface area contributed by atoms with E-state index in [-0.39, 0.29) is 50.1 Å². The van der Waals surface area contributed by atoms with Crippen LogP contribution in [0.2, 0.25) is 0 Å². The molecule has 2 heterocycles. The summed E-state index contributed by atoms with van der Waals surface area (Å²) in [5.74, 6) is 2.97. The number of imidazole rings is 2. The first kappa shape index (κ1) is 86.8. The molecule has 0 saturated heterocycles. The number of aromatic amines is 2. The molecule has 0 spiro atoms. The van der Waals surface area contributed by atoms with Gasteiger partial charge >= 0.3 is 0 Å². The van der Waals surface area contributed by atoms with Crippen molar-refractivity contribution in [3.05, 3.63) is 121 Å². The average Bonchev–Trinajstić information content (AvgIpc) is 1.63. The van der Waals surface area contributed by atoms with E-state index in [1.165, 1.54) is 205 Å². The minimum absolute atomic E-state index is 0.0782. The van der Waals surface area contributed by atoms with Crippen LogP contribution < -0.4 is 40.2 Å². The number of hydrogen-bond acceptors (Lipinski definition) is 10. The maximum Gasteiger partial charge on any atom is 0.257 e. The van der Waals surface area contributed by atoms with Gasteiger partial charge in [0.1, 0.15) is 34.6 Å². The first-order valence-corrected chi connectivity index (χ1v) is 42.4. The van der Waals surface area contributed by atoms with E-state index in [0.717, 1.165) is 96.1 Å². The number of benzene rings is 5. The monoisotopic (exact) mass is 1480 g/mol. The molecule has 7 aromatic rings. The van der Waals surface area contributed by atoms with Gasteiger partial charge in [-0.15, -0.1) is 0 Å². The second kappa shape index (κ2) is 54.2. The lowest BCUT2D eigenvalue weighted by atomic mass is 10.0. The molecule has 0 bridgehead atoms. The predicted molar refractivity (Wildman–Crippen MR) is 445 cm³/mol. The lowest BCUT2D eigenvalue weighted by Crippen LogP contribution is -2.29. The fourth-order valence-corrected chi connectivity index (χ4v) is 13.7. The number of aromatic nitrogens is 4. The molecule has 108 heavy (non-hydrogen) atoms. The Hall–Kier alpha value is -8.40. The summed E-state index contributed by atoms with van der Waals surface area (Å²) >= 11 is 0. The minimum atomic E-state index is -0.143. The molecule has 2 aromatic heterocycles. The van der Waals surface area contributed by atoms with Gasteiger partial charge in [-0.2, -0.15) is 0 Å². The van der Waals surface area contributed by atoms with Crippen molar-refractivity contribution in [3.8, 4) is 90.8 Å². The Morgan fingerprint density at radius 1 is 0.269 bits per heavy atom. The molecular formula is C92H134N8O8. The molecule has 0 saturated carbocycles. The van der Waals surface area contributed by atoms with Gasteiger partial charge in [-0.25, -0.2) is 9.97 Å². The first-order valence-electron chi connectivity index (χ1n) is 42.4. The van der Waals surface area contributed by atoms with Crippen LogP contribution in [0.15, 0.2) is 121 Å². The van der Waals surface area contributed by atoms with E-state index in [4.69, 9.17) is 28.9 Å². The maximum atomic E-state index is 12.9. The molecule has 0 unspecified atom stereocenters. The highest BCUT2D eigenvalue weighted by Crippen LogP contribution is 2.38. The van der Waals surface area contributed by atoms with Crippen molar-refractivity contribution in [1.82, 2.24) is 41.2 Å². The fourth-order valence-electron chi connectivity index (χ4n) is 13.7. The normalized spacial score (nSPS) is 11.2. The van der Waals surface area contributed by atoms with Gasteiger partial charge in [0.25, 0.3) is 23.6 Å². The van der Waals surface area contributed by atoms with E-state index >= 15 is 0 Å². The lowest BCUT2D eigenvalue weighted by Gasteiger charge is -2.10. The Balaban J connectivity index is 1.04. The first-order chi connectivity index (χ1) is 53.1. The molecule has 6 N–H and O–H groups in total. The zero-order valence-corrected chi connectivity index (χ0v) is 66.6. The summed E-state index contributed by atoms with van der Waals surface area (Å²) in [5, 5.41) is 12.1. The van der Waals surface area contributed by atoms with Crippen LogP contribution in [-0.2, 0) is 19.2 Å². The number of H-pyrrole nitrogens is 2. The summed E-state index contributed by atoms with van der Waals surface area (Å²) in [6.45, 7) is 11.2. The molecule has 5 aromatic carbocycles. The third-order valence-corrected chi connectivity index (χ3v) is 20.2. The number of ether oxygens (including phenoxy) is 4. The maximum absolute atomic E-state index is 12.9. The molecule has 7 rings (SSSR count). The predicted octanol–water partition coefficient (Wildman–Crippen LogP) is 22.8. The summed E-state index contributed by atoms with van der Waals surface area (Å²) in [4.78, 5) is 69.6. The molecule has 16 heteroatoms. The molecule has 0 aliphatic rings. The quantitative estimate of drug-likeness (QED) is 0.0199. The van der Waals surface area contributed by atoms with Crippen molar-refractivity contribution in [2.75, 3.05) is 52.6 Å². The van der Waals surface area contributed by atoms with E-state index in [1.54, 1.807) is 0 Å². The van der Waals surface area contributed by atoms with Crippen LogP contribution >= 0.6 is 0 Å². The minimum Gasteiger partial charge on any atom is -0.484 e. The van der Waals surface area contributed by atoms with Crippen LogP contribution in [0, 0.1) is 0 Å². The van der Waals surface area contributed by atoms with E-state index in [0.29, 0.717) is 72.2 Å². The molecule has 590 valence electrons. The van der Waals surface area contributed by atoms with Crippen molar-refractivity contribution >= 4 is 23.6 Å². The fraction of sp³-hybridized carbons (Fsp3) is 0.565. The number of nitrogens with zero attached hydrogens (tertiary/aromatic N) is 2. The number of nitrogens with one attached hydrogen (secondary N) is 6. The van der Waals surface area contributed by atoms with Crippen molar-refractivity contribution < 1.29 is 38.1 Å². The highest BCUT2D eigenvalue weighted by molar-refractivity contribution is 5.85. The smallest absolute Gasteiger partial charge is 0.257 e. The second-order valence-electron chi connectivity index (χ2n) is 29.6. The summed E-state index contributed by atoms with van der Waals surface area (Å²) in [7, 11) is 0. The largest absolute Gasteiger partial charge is 0.484 e. The highest BCUT2D eigenvalue weighted by Gasteiger charge is 2.21. The molecule has 0 aliphatic carbocycles. The van der Waals surface area contributed by atoms with Crippen LogP contribution in [-0.4, -0.2) is 96.2 Å². The van der Waals surface area contributed by atoms with E-state index in [9.17, 15) is 19.2 Å². The average molecular weight is 1480 g/mol. The Labute approximate surface area is 648 Å². The number of rotatable bonds is 62. The van der Waals surface area contributed by atoms with Gasteiger partial charge in [0.15, 0.2) is 26.4 Å². The Kier molecular flexibility index (Phi) is 43.6. The summed E-state index contributed by atoms with van der Waals surface area (Å²) < 4.78 is 24.0. The van der Waals surface area contributed by atoms with E-state index < -0.39 is 0 Å². The van der Waals surface area contributed by atoms with Gasteiger partial charge < -0.3 is 50.2 Å². The summed E-state index contributed by atoms with van der Waals surface area (Å²) in [5.41, 5.74) is 7.96. The van der Waals surface area contributed by atoms with Crippen molar-refractivity contribution in [2.45, 2.75) is 285 Å². The van der Waals surface area contributed by atoms with E-state index in [2.05, 4.69) is 65.0 Å². The Morgan fingerprint density at radius 2 is 0.481 bits per heavy atom. The highest BCUT2D eigenvalue weighted by atomic mass is 16.5. The van der Waals surface area contributed by atoms with Crippen LogP contribution in [0.1, 0.15) is 285 Å². The van der Waals surface area contributed by atoms with Crippen molar-refractivity contribution in [3.63, 3.8) is 0 Å². The molecule has 4 amide bonds. The summed E-state index contributed by atoms with van der Waals surface area (Å²) in [6, 6.07) is 38.8. The summed E-state index contributed by atoms with van der Waals surface area (Å²) in [6.07, 6.45) is 49.6. The van der Waals surface area contributed by atoms with Crippen LogP contribution in [0.5, 0.6) is 23.0 Å². The van der Waals surface area contributed by atoms with Gasteiger partial charge in [-0.3, -0.25) is 19.2 Å². The number of hydrogen-bond donors (Lipinski definition) is 6. The van der Waals surface area contributed by atoms with Crippen LogP contribution in [0.25, 0.3) is 67.8 Å². The van der Waals surface area contributed by atoms with Crippen molar-refractivity contribution in [1.29, 1.82) is 0 Å². The molecule has 0 radical (unpaired) electrons. The third-order valence-electron chi connectivity index (χ3n) is 20.2. The zero-order valence-electron chi connectivity index (χ0n) is 66.6. The standard InChI is InChI=1S/C92H134N8O8/c1-5-9-13-17-21-25-29-33-37-41-64-93-83(101)69-105-79-56-48-73(49-57-79)87-88(74-50-58-80(59-51-74)106-70-84(102)94-65-42-38-34-30-26-22-18-14-10-6-2)98-91(97-87)77-46-45-47-78(68-77)92-99-89(75-52-60-81(61-53-75)107-71-85(103)95-66-43-39-35-31-27-23-19-15-11-7-3)90(100-92)76-54-62-82(63-55-76)108-72-86(104)96-67-44-40-36-32-28-24-20-16-12-8-4/h45-63,68H,5-44,64-67,69-72H2,1-4H3,(H,93,101)(H,94,102)(H,95,103)(H,96,104)(H,97,98)(H,99,100). The van der Waals surface area contributed by atoms with E-state index in [1.807, 2.05) is 115 Å². The SMILES string of the molecule is CCCCCCCCCCCCNC(=O)COc1ccc(-c2nc(-c3cccc(-c4nc(-c5ccc(OCC(=O)NCCCCCCCCCCCC)cc5)c(-c5ccc(OCC(=O)NCCCCCCCCCCCC)cc5)[nH]4)c3)[nH]c2-c2ccc(OCC(=O)NCCCCCCCCCCCC)cc2)cc1. The van der Waals surface area contributed by atoms with Crippen LogP contribution in [0.3, 0.4) is 0 Å². The number of amides is 4. The number of carbonyl (C=O) groups excluding carboxylic acids is 4. The van der Waals surface area contributed by atoms with Crippen molar-refractivity contribution in [2.24, 2.45) is 0 Å². The third kappa shape index (κ3) is 34.9. The molecule has 0 atom stereocenters. The molecule has 0 aliphatic heterocycles. The van der Waals surface area contributed by atoms with Gasteiger partial charge in [0.2, 0.25) is 0 Å². The number of carbonyl (C=O) groups is 4. The topological polar surface area (TPSA) is 211 Å². The lowest BCUT2D eigenvalue weighted by molar-refractivity contribution is -0.123. The number of unbranched alkanes of at least 4 members (excludes halogenated alkanes) is 36. The van der Waals surface area contributed by atoms with Gasteiger partial charge in [0.05, 0.1) is 22.8 Å². The Morgan fingerprint density at radius 3 is 0.713 bits per heavy atom. The zero-order chi connectivity index (χ0) is 76.1. The van der Waals surface area contributed by atoms with Gasteiger partial charge in [-0.1, -0.05) is 277 Å². The molecule has 0 fully saturated rings. The van der Waals surface area contributed by atoms with Gasteiger partial charge in [-0.05, 0) is 129 Å². The second-order valence-corrected chi connectivity index (χ2v) is 29.6. The van der Waals surface area contributed by atoms with Crippen LogP contribution in [0.4, 0.5) is 0 Å². The molecular weight excluding hydrogens is 1350 g/mol. The van der Waals surface area contributed by atoms with Gasteiger partial charge in [0, 0.05) is 59.6 Å². The molecule has 16 nitrogen and oxygen atoms in total.